The molecule has 1 saturated carbocycles. The van der Waals surface area contributed by atoms with Crippen LogP contribution in [0.15, 0.2) is 0 Å². The van der Waals surface area contributed by atoms with Crippen LogP contribution in [-0.4, -0.2) is 35.9 Å². The van der Waals surface area contributed by atoms with Gasteiger partial charge in [0.1, 0.15) is 6.10 Å². The van der Waals surface area contributed by atoms with Crippen molar-refractivity contribution in [1.82, 2.24) is 5.32 Å². The van der Waals surface area contributed by atoms with Crippen LogP contribution in [0.2, 0.25) is 0 Å². The Balaban J connectivity index is 1.75. The Hall–Kier alpha value is -0.610. The van der Waals surface area contributed by atoms with Crippen molar-refractivity contribution in [2.75, 3.05) is 13.2 Å². The predicted octanol–water partition coefficient (Wildman–Crippen LogP) is 0.977. The second kappa shape index (κ2) is 5.15. The molecule has 0 aromatic rings. The maximum Gasteiger partial charge on any atom is 0.249 e. The highest BCUT2D eigenvalue weighted by atomic mass is 16.5. The molecule has 1 aliphatic heterocycles. The van der Waals surface area contributed by atoms with Crippen LogP contribution < -0.4 is 5.32 Å². The van der Waals surface area contributed by atoms with Crippen molar-refractivity contribution in [3.8, 4) is 0 Å². The summed E-state index contributed by atoms with van der Waals surface area (Å²) in [6, 6.07) is 0. The highest BCUT2D eigenvalue weighted by Crippen LogP contribution is 2.27. The van der Waals surface area contributed by atoms with Crippen LogP contribution in [0.3, 0.4) is 0 Å². The molecule has 1 saturated heterocycles. The third-order valence-corrected chi connectivity index (χ3v) is 3.60. The minimum Gasteiger partial charge on any atom is -0.388 e. The molecular formula is C12H21NO3. The quantitative estimate of drug-likeness (QED) is 0.755. The van der Waals surface area contributed by atoms with E-state index in [4.69, 9.17) is 4.74 Å². The number of rotatable bonds is 3. The first-order chi connectivity index (χ1) is 7.70. The van der Waals surface area contributed by atoms with E-state index in [1.807, 2.05) is 0 Å². The van der Waals surface area contributed by atoms with Crippen LogP contribution in [0.5, 0.6) is 0 Å². The fourth-order valence-corrected chi connectivity index (χ4v) is 2.54. The second-order valence-corrected chi connectivity index (χ2v) is 5.00. The average Bonchev–Trinajstić information content (AvgIpc) is 2.80. The molecule has 2 aliphatic rings. The van der Waals surface area contributed by atoms with E-state index in [1.165, 1.54) is 6.42 Å². The van der Waals surface area contributed by atoms with E-state index < -0.39 is 5.60 Å². The highest BCUT2D eigenvalue weighted by molar-refractivity contribution is 5.81. The SMILES string of the molecule is O=C(NCC1(O)CCCCC1)[C@@H]1CCCO1. The average molecular weight is 227 g/mol. The maximum absolute atomic E-state index is 11.7. The monoisotopic (exact) mass is 227 g/mol. The van der Waals surface area contributed by atoms with Crippen LogP contribution >= 0.6 is 0 Å². The number of nitrogens with one attached hydrogen (secondary N) is 1. The van der Waals surface area contributed by atoms with Crippen molar-refractivity contribution in [1.29, 1.82) is 0 Å². The third kappa shape index (κ3) is 2.95. The van der Waals surface area contributed by atoms with Crippen LogP contribution in [0, 0.1) is 0 Å². The molecule has 1 amide bonds. The number of hydrogen-bond acceptors (Lipinski definition) is 3. The Labute approximate surface area is 96.4 Å². The summed E-state index contributed by atoms with van der Waals surface area (Å²) in [4.78, 5) is 11.7. The van der Waals surface area contributed by atoms with Gasteiger partial charge in [-0.15, -0.1) is 0 Å². The first kappa shape index (κ1) is 11.9. The molecule has 4 nitrogen and oxygen atoms in total. The van der Waals surface area contributed by atoms with Crippen LogP contribution in [-0.2, 0) is 9.53 Å². The molecular weight excluding hydrogens is 206 g/mol. The number of carbonyl (C=O) groups excluding carboxylic acids is 1. The molecule has 16 heavy (non-hydrogen) atoms. The van der Waals surface area contributed by atoms with E-state index in [0.29, 0.717) is 13.2 Å². The molecule has 4 heteroatoms. The molecule has 0 radical (unpaired) electrons. The molecule has 0 aromatic heterocycles. The summed E-state index contributed by atoms with van der Waals surface area (Å²) >= 11 is 0. The lowest BCUT2D eigenvalue weighted by Crippen LogP contribution is -2.46. The largest absolute Gasteiger partial charge is 0.388 e. The Morgan fingerprint density at radius 3 is 2.69 bits per heavy atom. The van der Waals surface area contributed by atoms with Gasteiger partial charge < -0.3 is 15.2 Å². The highest BCUT2D eigenvalue weighted by Gasteiger charge is 2.31. The van der Waals surface area contributed by atoms with Crippen molar-refractivity contribution in [3.05, 3.63) is 0 Å². The standard InChI is InChI=1S/C12H21NO3/c14-11(10-5-4-8-16-10)13-9-12(15)6-2-1-3-7-12/h10,15H,1-9H2,(H,13,14)/t10-/m0/s1. The predicted molar refractivity (Wildman–Crippen MR) is 60.0 cm³/mol. The normalized spacial score (nSPS) is 28.9. The fraction of sp³-hybridized carbons (Fsp3) is 0.917. The number of aliphatic hydroxyl groups is 1. The molecule has 0 aromatic carbocycles. The van der Waals surface area contributed by atoms with E-state index in [9.17, 15) is 9.90 Å². The van der Waals surface area contributed by atoms with Gasteiger partial charge in [0.15, 0.2) is 0 Å². The van der Waals surface area contributed by atoms with Gasteiger partial charge in [0, 0.05) is 13.2 Å². The van der Waals surface area contributed by atoms with Crippen molar-refractivity contribution in [3.63, 3.8) is 0 Å². The molecule has 1 heterocycles. The number of amides is 1. The summed E-state index contributed by atoms with van der Waals surface area (Å²) in [5.74, 6) is -0.0588. The van der Waals surface area contributed by atoms with Gasteiger partial charge in [-0.3, -0.25) is 4.79 Å². The molecule has 0 spiro atoms. The number of hydrogen-bond donors (Lipinski definition) is 2. The van der Waals surface area contributed by atoms with Gasteiger partial charge in [-0.05, 0) is 25.7 Å². The minimum absolute atomic E-state index is 0.0588. The second-order valence-electron chi connectivity index (χ2n) is 5.00. The van der Waals surface area contributed by atoms with Crippen LogP contribution in [0.1, 0.15) is 44.9 Å². The van der Waals surface area contributed by atoms with Crippen molar-refractivity contribution < 1.29 is 14.6 Å². The zero-order valence-electron chi connectivity index (χ0n) is 9.71. The minimum atomic E-state index is -0.674. The lowest BCUT2D eigenvalue weighted by Gasteiger charge is -2.32. The Morgan fingerprint density at radius 1 is 1.31 bits per heavy atom. The van der Waals surface area contributed by atoms with E-state index in [0.717, 1.165) is 38.5 Å². The summed E-state index contributed by atoms with van der Waals surface area (Å²) in [6.45, 7) is 1.06. The van der Waals surface area contributed by atoms with E-state index >= 15 is 0 Å². The van der Waals surface area contributed by atoms with Gasteiger partial charge in [0.25, 0.3) is 0 Å². The molecule has 2 N–H and O–H groups in total. The lowest BCUT2D eigenvalue weighted by atomic mass is 9.85. The van der Waals surface area contributed by atoms with Crippen LogP contribution in [0.4, 0.5) is 0 Å². The van der Waals surface area contributed by atoms with Crippen LogP contribution in [0.25, 0.3) is 0 Å². The molecule has 0 unspecified atom stereocenters. The van der Waals surface area contributed by atoms with E-state index in [1.54, 1.807) is 0 Å². The Bertz CT molecular complexity index is 243. The van der Waals surface area contributed by atoms with Gasteiger partial charge in [-0.25, -0.2) is 0 Å². The maximum atomic E-state index is 11.7. The summed E-state index contributed by atoms with van der Waals surface area (Å²) in [7, 11) is 0. The van der Waals surface area contributed by atoms with E-state index in [2.05, 4.69) is 5.32 Å². The summed E-state index contributed by atoms with van der Waals surface area (Å²) < 4.78 is 5.29. The fourth-order valence-electron chi connectivity index (χ4n) is 2.54. The van der Waals surface area contributed by atoms with Gasteiger partial charge >= 0.3 is 0 Å². The van der Waals surface area contributed by atoms with E-state index in [-0.39, 0.29) is 12.0 Å². The third-order valence-electron chi connectivity index (χ3n) is 3.60. The first-order valence-electron chi connectivity index (χ1n) is 6.31. The molecule has 2 fully saturated rings. The summed E-state index contributed by atoms with van der Waals surface area (Å²) in [6.07, 6.45) is 6.41. The smallest absolute Gasteiger partial charge is 0.249 e. The molecule has 2 rings (SSSR count). The first-order valence-corrected chi connectivity index (χ1v) is 6.31. The Kier molecular flexibility index (Phi) is 3.82. The zero-order chi connectivity index (χ0) is 11.4. The molecule has 1 aliphatic carbocycles. The number of ether oxygens (including phenoxy) is 1. The Morgan fingerprint density at radius 2 is 2.06 bits per heavy atom. The van der Waals surface area contributed by atoms with Gasteiger partial charge in [0.05, 0.1) is 5.60 Å². The van der Waals surface area contributed by atoms with Crippen molar-refractivity contribution >= 4 is 5.91 Å². The van der Waals surface area contributed by atoms with Gasteiger partial charge in [-0.1, -0.05) is 19.3 Å². The summed E-state index contributed by atoms with van der Waals surface area (Å²) in [5, 5.41) is 13.0. The zero-order valence-corrected chi connectivity index (χ0v) is 9.71. The molecule has 1 atom stereocenters. The molecule has 0 bridgehead atoms. The van der Waals surface area contributed by atoms with Crippen molar-refractivity contribution in [2.45, 2.75) is 56.7 Å². The van der Waals surface area contributed by atoms with Gasteiger partial charge in [-0.2, -0.15) is 0 Å². The molecule has 92 valence electrons. The topological polar surface area (TPSA) is 58.6 Å². The summed E-state index contributed by atoms with van der Waals surface area (Å²) in [5.41, 5.74) is -0.674. The van der Waals surface area contributed by atoms with Crippen molar-refractivity contribution in [2.24, 2.45) is 0 Å². The number of carbonyl (C=O) groups is 1. The lowest BCUT2D eigenvalue weighted by molar-refractivity contribution is -0.131. The van der Waals surface area contributed by atoms with Gasteiger partial charge in [0.2, 0.25) is 5.91 Å².